The van der Waals surface area contributed by atoms with Crippen molar-refractivity contribution in [2.75, 3.05) is 0 Å². The van der Waals surface area contributed by atoms with Gasteiger partial charge in [-0.25, -0.2) is 4.98 Å². The lowest BCUT2D eigenvalue weighted by atomic mass is 10.1. The highest BCUT2D eigenvalue weighted by atomic mass is 16.5. The van der Waals surface area contributed by atoms with E-state index in [1.165, 1.54) is 12.4 Å². The van der Waals surface area contributed by atoms with Gasteiger partial charge in [-0.1, -0.05) is 0 Å². The van der Waals surface area contributed by atoms with Crippen molar-refractivity contribution in [2.24, 2.45) is 12.8 Å². The molecule has 0 aliphatic heterocycles. The fraction of sp³-hybridized carbons (Fsp3) is 0.105. The van der Waals surface area contributed by atoms with Crippen LogP contribution < -0.4 is 15.2 Å². The minimum Gasteiger partial charge on any atom is -0.486 e. The third-order valence-corrected chi connectivity index (χ3v) is 3.68. The van der Waals surface area contributed by atoms with Gasteiger partial charge in [-0.3, -0.25) is 4.68 Å². The van der Waals surface area contributed by atoms with E-state index >= 15 is 0 Å². The molecule has 3 rings (SSSR count). The smallest absolute Gasteiger partial charge is 0.164 e. The Morgan fingerprint density at radius 1 is 1.08 bits per heavy atom. The zero-order valence-corrected chi connectivity index (χ0v) is 14.3. The summed E-state index contributed by atoms with van der Waals surface area (Å²) in [6.45, 7) is 0.350. The van der Waals surface area contributed by atoms with E-state index in [-0.39, 0.29) is 0 Å². The zero-order valence-electron chi connectivity index (χ0n) is 14.3. The van der Waals surface area contributed by atoms with Crippen LogP contribution in [0.3, 0.4) is 0 Å². The lowest BCUT2D eigenvalue weighted by Crippen LogP contribution is -2.04. The average Bonchev–Trinajstić information content (AvgIpc) is 3.07. The van der Waals surface area contributed by atoms with Gasteiger partial charge >= 0.3 is 0 Å². The van der Waals surface area contributed by atoms with Crippen LogP contribution in [0.15, 0.2) is 60.9 Å². The number of nitrogens with zero attached hydrogens (tertiary/aromatic N) is 3. The molecule has 0 amide bonds. The molecule has 0 spiro atoms. The summed E-state index contributed by atoms with van der Waals surface area (Å²) in [6, 6.07) is 14.7. The Balaban J connectivity index is 1.59. The first kappa shape index (κ1) is 17.2. The zero-order chi connectivity index (χ0) is 18.4. The summed E-state index contributed by atoms with van der Waals surface area (Å²) in [5.41, 5.74) is 7.22. The number of rotatable bonds is 7. The molecule has 0 fully saturated rings. The van der Waals surface area contributed by atoms with Gasteiger partial charge in [0.25, 0.3) is 0 Å². The molecule has 0 unspecified atom stereocenters. The van der Waals surface area contributed by atoms with E-state index in [9.17, 15) is 0 Å². The van der Waals surface area contributed by atoms with Crippen molar-refractivity contribution in [3.8, 4) is 17.2 Å². The van der Waals surface area contributed by atoms with Crippen LogP contribution in [0, 0.1) is 5.41 Å². The van der Waals surface area contributed by atoms with Crippen molar-refractivity contribution in [3.63, 3.8) is 0 Å². The number of hydrogen-bond acceptors (Lipinski definition) is 6. The van der Waals surface area contributed by atoms with E-state index in [2.05, 4.69) is 10.1 Å². The second-order valence-electron chi connectivity index (χ2n) is 5.48. The lowest BCUT2D eigenvalue weighted by Gasteiger charge is -2.09. The fourth-order valence-electron chi connectivity index (χ4n) is 2.24. The Morgan fingerprint density at radius 3 is 2.27 bits per heavy atom. The Morgan fingerprint density at radius 2 is 1.69 bits per heavy atom. The predicted molar refractivity (Wildman–Crippen MR) is 99.2 cm³/mol. The molecule has 0 bridgehead atoms. The van der Waals surface area contributed by atoms with Crippen LogP contribution in [0.4, 0.5) is 0 Å². The van der Waals surface area contributed by atoms with Gasteiger partial charge in [0.05, 0.1) is 0 Å². The van der Waals surface area contributed by atoms with E-state index in [4.69, 9.17) is 20.6 Å². The lowest BCUT2D eigenvalue weighted by molar-refractivity contribution is 0.289. The number of nitrogens with two attached hydrogens (primary N) is 1. The largest absolute Gasteiger partial charge is 0.486 e. The fourth-order valence-corrected chi connectivity index (χ4v) is 2.24. The molecule has 26 heavy (non-hydrogen) atoms. The van der Waals surface area contributed by atoms with Crippen molar-refractivity contribution >= 4 is 11.9 Å². The van der Waals surface area contributed by atoms with Gasteiger partial charge in [0, 0.05) is 19.0 Å². The van der Waals surface area contributed by atoms with Crippen LogP contribution in [0.5, 0.6) is 17.2 Å². The number of hydrogen-bond donors (Lipinski definition) is 2. The molecular formula is C19H19N5O2. The van der Waals surface area contributed by atoms with Crippen molar-refractivity contribution in [1.29, 1.82) is 5.41 Å². The van der Waals surface area contributed by atoms with Crippen LogP contribution in [0.2, 0.25) is 0 Å². The molecule has 0 aliphatic rings. The van der Waals surface area contributed by atoms with Crippen LogP contribution >= 0.6 is 0 Å². The van der Waals surface area contributed by atoms with Gasteiger partial charge < -0.3 is 20.6 Å². The van der Waals surface area contributed by atoms with Crippen molar-refractivity contribution in [3.05, 3.63) is 72.3 Å². The number of allylic oxidation sites excluding steroid dienone is 1. The van der Waals surface area contributed by atoms with Gasteiger partial charge in [-0.2, -0.15) is 5.10 Å². The normalized spacial score (nSPS) is 11.2. The number of benzene rings is 2. The van der Waals surface area contributed by atoms with Crippen LogP contribution in [-0.4, -0.2) is 21.0 Å². The molecule has 0 radical (unpaired) electrons. The van der Waals surface area contributed by atoms with E-state index in [0.717, 1.165) is 23.4 Å². The number of nitrogens with one attached hydrogen (secondary N) is 1. The van der Waals surface area contributed by atoms with E-state index in [0.29, 0.717) is 23.8 Å². The highest BCUT2D eigenvalue weighted by molar-refractivity contribution is 5.81. The third kappa shape index (κ3) is 4.27. The van der Waals surface area contributed by atoms with E-state index < -0.39 is 0 Å². The Bertz CT molecular complexity index is 898. The maximum atomic E-state index is 7.05. The number of aromatic nitrogens is 3. The van der Waals surface area contributed by atoms with Crippen molar-refractivity contribution in [2.45, 2.75) is 6.61 Å². The van der Waals surface area contributed by atoms with Gasteiger partial charge in [0.2, 0.25) is 0 Å². The summed E-state index contributed by atoms with van der Waals surface area (Å²) >= 11 is 0. The van der Waals surface area contributed by atoms with Crippen LogP contribution in [0.1, 0.15) is 11.4 Å². The molecule has 0 atom stereocenters. The standard InChI is InChI=1S/C19H19N5O2/c1-24-19(22-13-23-24)12-25-15-6-8-17(9-7-15)26-16-4-2-14(3-5-16)18(21)10-11-20/h2-11,13,20H,12,21H2,1H3/b18-10-,20-11?. The molecule has 0 aliphatic carbocycles. The first-order valence-electron chi connectivity index (χ1n) is 7.96. The molecule has 0 saturated heterocycles. The monoisotopic (exact) mass is 349 g/mol. The minimum atomic E-state index is 0.350. The molecule has 3 N–H and O–H groups in total. The highest BCUT2D eigenvalue weighted by Crippen LogP contribution is 2.25. The van der Waals surface area contributed by atoms with Gasteiger partial charge in [-0.15, -0.1) is 0 Å². The highest BCUT2D eigenvalue weighted by Gasteiger charge is 2.03. The molecule has 7 nitrogen and oxygen atoms in total. The first-order chi connectivity index (χ1) is 12.7. The second-order valence-corrected chi connectivity index (χ2v) is 5.48. The first-order valence-corrected chi connectivity index (χ1v) is 7.96. The predicted octanol–water partition coefficient (Wildman–Crippen LogP) is 3.14. The summed E-state index contributed by atoms with van der Waals surface area (Å²) in [6.07, 6.45) is 4.19. The number of ether oxygens (including phenoxy) is 2. The molecule has 0 saturated carbocycles. The molecule has 1 heterocycles. The Kier molecular flexibility index (Phi) is 5.28. The Hall–Kier alpha value is -3.61. The van der Waals surface area contributed by atoms with Gasteiger partial charge in [-0.05, 0) is 60.2 Å². The van der Waals surface area contributed by atoms with E-state index in [1.54, 1.807) is 4.68 Å². The Labute approximate surface area is 151 Å². The average molecular weight is 349 g/mol. The number of aryl methyl sites for hydroxylation is 1. The summed E-state index contributed by atoms with van der Waals surface area (Å²) in [4.78, 5) is 4.11. The van der Waals surface area contributed by atoms with Crippen LogP contribution in [0.25, 0.3) is 5.70 Å². The SMILES string of the molecule is Cn1ncnc1COc1ccc(Oc2ccc(/C(N)=C/C=N)cc2)cc1. The molecular weight excluding hydrogens is 330 g/mol. The molecule has 1 aromatic heterocycles. The molecule has 2 aromatic carbocycles. The second kappa shape index (κ2) is 7.98. The van der Waals surface area contributed by atoms with Crippen molar-refractivity contribution < 1.29 is 9.47 Å². The van der Waals surface area contributed by atoms with E-state index in [1.807, 2.05) is 55.6 Å². The topological polar surface area (TPSA) is 99.0 Å². The summed E-state index contributed by atoms with van der Waals surface area (Å²) in [5.74, 6) is 2.87. The minimum absolute atomic E-state index is 0.350. The summed E-state index contributed by atoms with van der Waals surface area (Å²) in [7, 11) is 1.82. The molecule has 132 valence electrons. The van der Waals surface area contributed by atoms with Crippen LogP contribution in [-0.2, 0) is 13.7 Å². The molecule has 3 aromatic rings. The molecule has 7 heteroatoms. The quantitative estimate of drug-likeness (QED) is 0.639. The maximum Gasteiger partial charge on any atom is 0.164 e. The van der Waals surface area contributed by atoms with Gasteiger partial charge in [0.15, 0.2) is 5.82 Å². The van der Waals surface area contributed by atoms with Crippen molar-refractivity contribution in [1.82, 2.24) is 14.8 Å². The third-order valence-electron chi connectivity index (χ3n) is 3.68. The summed E-state index contributed by atoms with van der Waals surface area (Å²) < 4.78 is 13.2. The summed E-state index contributed by atoms with van der Waals surface area (Å²) in [5, 5.41) is 11.0. The van der Waals surface area contributed by atoms with Gasteiger partial charge in [0.1, 0.15) is 30.2 Å². The maximum absolute atomic E-state index is 7.05.